The molecule has 0 aromatic carbocycles. The summed E-state index contributed by atoms with van der Waals surface area (Å²) in [5.41, 5.74) is 9.00. The van der Waals surface area contributed by atoms with E-state index in [1.165, 1.54) is 32.1 Å². The van der Waals surface area contributed by atoms with Crippen LogP contribution >= 0.6 is 0 Å². The van der Waals surface area contributed by atoms with Crippen molar-refractivity contribution in [3.63, 3.8) is 0 Å². The minimum Gasteiger partial charge on any atom is -0.303 e. The zero-order valence-electron chi connectivity index (χ0n) is 11.9. The lowest BCUT2D eigenvalue weighted by Crippen LogP contribution is -2.56. The fourth-order valence-corrected chi connectivity index (χ4v) is 4.38. The smallest absolute Gasteiger partial charge is 0.146 e. The third kappa shape index (κ3) is 1.67. The van der Waals surface area contributed by atoms with E-state index in [0.29, 0.717) is 5.92 Å². The van der Waals surface area contributed by atoms with Gasteiger partial charge in [-0.3, -0.25) is 0 Å². The summed E-state index contributed by atoms with van der Waals surface area (Å²) in [5, 5.41) is 4.33. The predicted octanol–water partition coefficient (Wildman–Crippen LogP) is 2.10. The molecule has 108 valence electrons. The van der Waals surface area contributed by atoms with Gasteiger partial charge in [0.1, 0.15) is 11.5 Å². The first-order valence-corrected chi connectivity index (χ1v) is 7.89. The third-order valence-corrected chi connectivity index (χ3v) is 5.48. The molecule has 5 heteroatoms. The van der Waals surface area contributed by atoms with Crippen LogP contribution in [0.15, 0.2) is 35.6 Å². The first-order valence-electron chi connectivity index (χ1n) is 7.89. The first-order chi connectivity index (χ1) is 10.3. The number of hydrogen-bond acceptors (Lipinski definition) is 4. The van der Waals surface area contributed by atoms with Gasteiger partial charge in [-0.2, -0.15) is 5.10 Å². The molecule has 2 N–H and O–H groups in total. The highest BCUT2D eigenvalue weighted by Crippen LogP contribution is 2.48. The molecule has 5 nitrogen and oxygen atoms in total. The highest BCUT2D eigenvalue weighted by atomic mass is 15.5. The molecule has 1 aliphatic heterocycles. The normalized spacial score (nSPS) is 34.4. The molecule has 6 rings (SSSR count). The number of nitrogens with one attached hydrogen (secondary N) is 2. The first kappa shape index (κ1) is 11.7. The Morgan fingerprint density at radius 1 is 1.24 bits per heavy atom. The summed E-state index contributed by atoms with van der Waals surface area (Å²) >= 11 is 0. The van der Waals surface area contributed by atoms with Crippen LogP contribution < -0.4 is 10.9 Å². The maximum absolute atomic E-state index is 5.08. The van der Waals surface area contributed by atoms with E-state index < -0.39 is 0 Å². The standard InChI is InChI=1S/C16H19N5/c1-2-14-8-12(10-21(14)17-7-1)15-18-16(20-19-15)9-11-3-5-13(16)6-4-11/h1-2,7-8,10-11,13,20H,3-6,9H2,(H,18,19)/t11?,13?,16-/m0/s1. The second-order valence-electron chi connectivity index (χ2n) is 6.68. The Hall–Kier alpha value is -1.88. The SMILES string of the molecule is c1cnn2cc(C3=N[C@@]4(CC5CCC4CC5)NN3)cc2c1. The van der Waals surface area contributed by atoms with E-state index in [4.69, 9.17) is 4.99 Å². The number of nitrogens with zero attached hydrogens (tertiary/aromatic N) is 3. The second-order valence-corrected chi connectivity index (χ2v) is 6.68. The van der Waals surface area contributed by atoms with Crippen molar-refractivity contribution in [2.45, 2.75) is 37.8 Å². The molecule has 3 fully saturated rings. The van der Waals surface area contributed by atoms with E-state index in [9.17, 15) is 0 Å². The number of rotatable bonds is 1. The number of amidine groups is 1. The van der Waals surface area contributed by atoms with Crippen molar-refractivity contribution in [3.05, 3.63) is 36.2 Å². The van der Waals surface area contributed by atoms with Gasteiger partial charge in [0.25, 0.3) is 0 Å². The predicted molar refractivity (Wildman–Crippen MR) is 80.8 cm³/mol. The van der Waals surface area contributed by atoms with Gasteiger partial charge in [0.05, 0.1) is 5.52 Å². The number of aliphatic imine (C=N–C) groups is 1. The van der Waals surface area contributed by atoms with Gasteiger partial charge >= 0.3 is 0 Å². The molecule has 21 heavy (non-hydrogen) atoms. The van der Waals surface area contributed by atoms with E-state index in [0.717, 1.165) is 22.8 Å². The van der Waals surface area contributed by atoms with Crippen LogP contribution in [0.2, 0.25) is 0 Å². The van der Waals surface area contributed by atoms with Crippen LogP contribution in [0.5, 0.6) is 0 Å². The van der Waals surface area contributed by atoms with Crippen LogP contribution in [0.3, 0.4) is 0 Å². The van der Waals surface area contributed by atoms with Gasteiger partial charge in [0.15, 0.2) is 0 Å². The fraction of sp³-hybridized carbons (Fsp3) is 0.500. The van der Waals surface area contributed by atoms with E-state index in [-0.39, 0.29) is 5.66 Å². The molecule has 2 aromatic heterocycles. The molecular weight excluding hydrogens is 262 g/mol. The molecule has 1 atom stereocenters. The fourth-order valence-electron chi connectivity index (χ4n) is 4.38. The molecule has 4 aliphatic rings. The molecule has 0 saturated heterocycles. The van der Waals surface area contributed by atoms with Crippen LogP contribution in [-0.2, 0) is 0 Å². The van der Waals surface area contributed by atoms with Gasteiger partial charge in [-0.05, 0) is 62.1 Å². The summed E-state index contributed by atoms with van der Waals surface area (Å²) in [6, 6.07) is 6.17. The molecular formula is C16H19N5. The van der Waals surface area contributed by atoms with E-state index in [1.54, 1.807) is 6.20 Å². The van der Waals surface area contributed by atoms with Crippen molar-refractivity contribution in [3.8, 4) is 0 Å². The maximum atomic E-state index is 5.08. The number of fused-ring (bicyclic) bond motifs is 3. The van der Waals surface area contributed by atoms with Crippen molar-refractivity contribution >= 4 is 11.4 Å². The van der Waals surface area contributed by atoms with Crippen LogP contribution in [0.25, 0.3) is 5.52 Å². The number of hydrogen-bond donors (Lipinski definition) is 2. The Bertz CT molecular complexity index is 692. The van der Waals surface area contributed by atoms with Gasteiger partial charge in [0.2, 0.25) is 0 Å². The Labute approximate surface area is 123 Å². The van der Waals surface area contributed by atoms with E-state index >= 15 is 0 Å². The zero-order valence-corrected chi connectivity index (χ0v) is 11.9. The Kier molecular flexibility index (Phi) is 2.28. The molecule has 0 unspecified atom stereocenters. The van der Waals surface area contributed by atoms with Crippen molar-refractivity contribution in [1.82, 2.24) is 20.5 Å². The van der Waals surface area contributed by atoms with Gasteiger partial charge < -0.3 is 5.43 Å². The van der Waals surface area contributed by atoms with Gasteiger partial charge in [-0.15, -0.1) is 0 Å². The minimum absolute atomic E-state index is 0.0575. The minimum atomic E-state index is -0.0575. The van der Waals surface area contributed by atoms with Crippen molar-refractivity contribution in [2.75, 3.05) is 0 Å². The zero-order chi connectivity index (χ0) is 13.9. The van der Waals surface area contributed by atoms with Crippen LogP contribution in [-0.4, -0.2) is 21.1 Å². The average Bonchev–Trinajstić information content (AvgIpc) is 3.13. The maximum Gasteiger partial charge on any atom is 0.146 e. The third-order valence-electron chi connectivity index (χ3n) is 5.48. The molecule has 0 radical (unpaired) electrons. The van der Waals surface area contributed by atoms with Crippen LogP contribution in [0, 0.1) is 11.8 Å². The lowest BCUT2D eigenvalue weighted by molar-refractivity contribution is 0.0506. The van der Waals surface area contributed by atoms with Crippen molar-refractivity contribution in [2.24, 2.45) is 16.8 Å². The van der Waals surface area contributed by atoms with Gasteiger partial charge in [0, 0.05) is 18.0 Å². The summed E-state index contributed by atoms with van der Waals surface area (Å²) in [4.78, 5) is 5.08. The molecule has 3 aliphatic carbocycles. The summed E-state index contributed by atoms with van der Waals surface area (Å²) in [5.74, 6) is 2.50. The van der Waals surface area contributed by atoms with E-state index in [1.807, 2.05) is 16.8 Å². The van der Waals surface area contributed by atoms with Crippen molar-refractivity contribution in [1.29, 1.82) is 0 Å². The molecule has 3 heterocycles. The van der Waals surface area contributed by atoms with E-state index in [2.05, 4.69) is 28.1 Å². The quantitative estimate of drug-likeness (QED) is 0.841. The number of aromatic nitrogens is 2. The molecule has 2 aromatic rings. The molecule has 2 bridgehead atoms. The summed E-state index contributed by atoms with van der Waals surface area (Å²) in [6.45, 7) is 0. The highest BCUT2D eigenvalue weighted by Gasteiger charge is 2.49. The van der Waals surface area contributed by atoms with Crippen molar-refractivity contribution < 1.29 is 0 Å². The summed E-state index contributed by atoms with van der Waals surface area (Å²) in [6.07, 6.45) is 10.4. The Morgan fingerprint density at radius 2 is 2.14 bits per heavy atom. The topological polar surface area (TPSA) is 53.7 Å². The monoisotopic (exact) mass is 281 g/mol. The highest BCUT2D eigenvalue weighted by molar-refractivity contribution is 6.00. The van der Waals surface area contributed by atoms with Gasteiger partial charge in [-0.25, -0.2) is 14.9 Å². The average molecular weight is 281 g/mol. The Balaban J connectivity index is 1.54. The Morgan fingerprint density at radius 3 is 2.90 bits per heavy atom. The molecule has 1 spiro atoms. The molecule has 3 saturated carbocycles. The van der Waals surface area contributed by atoms with Crippen LogP contribution in [0.1, 0.15) is 37.7 Å². The summed E-state index contributed by atoms with van der Waals surface area (Å²) < 4.78 is 1.90. The second kappa shape index (κ2) is 4.07. The lowest BCUT2D eigenvalue weighted by Gasteiger charge is -2.47. The van der Waals surface area contributed by atoms with Gasteiger partial charge in [-0.1, -0.05) is 0 Å². The number of hydrazine groups is 1. The summed E-state index contributed by atoms with van der Waals surface area (Å²) in [7, 11) is 0. The van der Waals surface area contributed by atoms with Crippen LogP contribution in [0.4, 0.5) is 0 Å². The largest absolute Gasteiger partial charge is 0.303 e. The molecule has 0 amide bonds. The lowest BCUT2D eigenvalue weighted by atomic mass is 9.65.